The summed E-state index contributed by atoms with van der Waals surface area (Å²) < 4.78 is 5.14. The van der Waals surface area contributed by atoms with Crippen LogP contribution < -0.4 is 0 Å². The molecule has 3 rings (SSSR count). The van der Waals surface area contributed by atoms with Crippen LogP contribution in [0.1, 0.15) is 41.6 Å². The molecule has 142 valence electrons. The largest absolute Gasteiger partial charge is 0.383 e. The number of piperidine rings is 2. The maximum Gasteiger partial charge on any atom is 0.254 e. The minimum absolute atomic E-state index is 0.00202. The van der Waals surface area contributed by atoms with E-state index in [4.69, 9.17) is 16.3 Å². The molecule has 5 nitrogen and oxygen atoms in total. The molecule has 2 fully saturated rings. The molecule has 2 aliphatic rings. The topological polar surface area (TPSA) is 49.9 Å². The molecule has 0 aliphatic carbocycles. The molecule has 0 saturated carbocycles. The first-order chi connectivity index (χ1) is 12.4. The van der Waals surface area contributed by atoms with Gasteiger partial charge < -0.3 is 14.5 Å². The summed E-state index contributed by atoms with van der Waals surface area (Å²) in [5.74, 6) is 0.242. The fraction of sp³-hybridized carbons (Fsp3) is 0.600. The van der Waals surface area contributed by atoms with Gasteiger partial charge in [-0.15, -0.1) is 0 Å². The molecule has 1 atom stereocenters. The van der Waals surface area contributed by atoms with E-state index in [0.717, 1.165) is 31.4 Å². The quantitative estimate of drug-likeness (QED) is 0.808. The van der Waals surface area contributed by atoms with E-state index in [1.54, 1.807) is 13.2 Å². The van der Waals surface area contributed by atoms with Crippen LogP contribution in [0.4, 0.5) is 0 Å². The molecule has 1 unspecified atom stereocenters. The van der Waals surface area contributed by atoms with Crippen molar-refractivity contribution in [1.82, 2.24) is 9.80 Å². The van der Waals surface area contributed by atoms with Gasteiger partial charge in [0, 0.05) is 55.7 Å². The Morgan fingerprint density at radius 1 is 1.31 bits per heavy atom. The van der Waals surface area contributed by atoms with Crippen LogP contribution in [0.3, 0.4) is 0 Å². The van der Waals surface area contributed by atoms with Crippen LogP contribution in [0.15, 0.2) is 18.2 Å². The number of methoxy groups -OCH3 is 1. The van der Waals surface area contributed by atoms with E-state index >= 15 is 0 Å². The highest BCUT2D eigenvalue weighted by molar-refractivity contribution is 6.31. The third-order valence-electron chi connectivity index (χ3n) is 5.69. The first-order valence-electron chi connectivity index (χ1n) is 9.26. The van der Waals surface area contributed by atoms with Crippen molar-refractivity contribution >= 4 is 23.4 Å². The summed E-state index contributed by atoms with van der Waals surface area (Å²) in [6.07, 6.45) is 3.44. The van der Waals surface area contributed by atoms with Gasteiger partial charge in [-0.2, -0.15) is 0 Å². The SMILES string of the molecule is COCCN1CC2(CCCN(C(=O)c3cc(Cl)ccc3C)C2)CCC1=O. The number of nitrogens with zero attached hydrogens (tertiary/aromatic N) is 2. The molecule has 0 radical (unpaired) electrons. The third-order valence-corrected chi connectivity index (χ3v) is 5.93. The molecule has 0 bridgehead atoms. The predicted molar refractivity (Wildman–Crippen MR) is 101 cm³/mol. The van der Waals surface area contributed by atoms with Crippen molar-refractivity contribution in [2.45, 2.75) is 32.6 Å². The molecule has 6 heteroatoms. The van der Waals surface area contributed by atoms with E-state index in [9.17, 15) is 9.59 Å². The molecule has 2 saturated heterocycles. The van der Waals surface area contributed by atoms with E-state index in [2.05, 4.69) is 0 Å². The number of halogens is 1. The number of amides is 2. The number of benzene rings is 1. The number of aryl methyl sites for hydroxylation is 1. The normalized spacial score (nSPS) is 23.6. The molecule has 2 heterocycles. The predicted octanol–water partition coefficient (Wildman–Crippen LogP) is 3.14. The molecule has 0 aromatic heterocycles. The lowest BCUT2D eigenvalue weighted by Gasteiger charge is -2.48. The summed E-state index contributed by atoms with van der Waals surface area (Å²) in [7, 11) is 1.65. The first kappa shape index (κ1) is 19.2. The Morgan fingerprint density at radius 3 is 2.88 bits per heavy atom. The number of hydrogen-bond acceptors (Lipinski definition) is 3. The summed E-state index contributed by atoms with van der Waals surface area (Å²) in [6, 6.07) is 5.46. The van der Waals surface area contributed by atoms with Crippen LogP contribution in [0.2, 0.25) is 5.02 Å². The van der Waals surface area contributed by atoms with Gasteiger partial charge >= 0.3 is 0 Å². The second kappa shape index (κ2) is 7.97. The van der Waals surface area contributed by atoms with Gasteiger partial charge in [-0.3, -0.25) is 9.59 Å². The van der Waals surface area contributed by atoms with Gasteiger partial charge in [0.2, 0.25) is 5.91 Å². The van der Waals surface area contributed by atoms with Crippen molar-refractivity contribution in [3.63, 3.8) is 0 Å². The van der Waals surface area contributed by atoms with E-state index in [1.165, 1.54) is 0 Å². The Labute approximate surface area is 160 Å². The van der Waals surface area contributed by atoms with E-state index < -0.39 is 0 Å². The molecular formula is C20H27ClN2O3. The molecule has 1 aromatic rings. The molecular weight excluding hydrogens is 352 g/mol. The fourth-order valence-electron chi connectivity index (χ4n) is 4.22. The standard InChI is InChI=1S/C20H27ClN2O3/c1-15-4-5-16(21)12-17(15)19(25)23-9-3-7-20(14-23)8-6-18(24)22(13-20)10-11-26-2/h4-5,12H,3,6-11,13-14H2,1-2H3. The van der Waals surface area contributed by atoms with Crippen molar-refractivity contribution in [3.05, 3.63) is 34.3 Å². The van der Waals surface area contributed by atoms with Crippen LogP contribution in [0.25, 0.3) is 0 Å². The van der Waals surface area contributed by atoms with Crippen molar-refractivity contribution in [3.8, 4) is 0 Å². The van der Waals surface area contributed by atoms with E-state index in [-0.39, 0.29) is 17.2 Å². The lowest BCUT2D eigenvalue weighted by atomic mass is 9.73. The van der Waals surface area contributed by atoms with Gasteiger partial charge in [0.05, 0.1) is 6.61 Å². The minimum Gasteiger partial charge on any atom is -0.383 e. The van der Waals surface area contributed by atoms with Crippen LogP contribution in [-0.2, 0) is 9.53 Å². The molecule has 26 heavy (non-hydrogen) atoms. The zero-order valence-corrected chi connectivity index (χ0v) is 16.3. The number of carbonyl (C=O) groups excluding carboxylic acids is 2. The van der Waals surface area contributed by atoms with Crippen molar-refractivity contribution in [1.29, 1.82) is 0 Å². The highest BCUT2D eigenvalue weighted by Crippen LogP contribution is 2.39. The Kier molecular flexibility index (Phi) is 5.88. The average molecular weight is 379 g/mol. The molecule has 2 aliphatic heterocycles. The van der Waals surface area contributed by atoms with Crippen molar-refractivity contribution in [2.24, 2.45) is 5.41 Å². The lowest BCUT2D eigenvalue weighted by molar-refractivity contribution is -0.139. The zero-order valence-electron chi connectivity index (χ0n) is 15.6. The lowest BCUT2D eigenvalue weighted by Crippen LogP contribution is -2.55. The van der Waals surface area contributed by atoms with Crippen LogP contribution in [-0.4, -0.2) is 61.5 Å². The number of ether oxygens (including phenoxy) is 1. The Morgan fingerprint density at radius 2 is 2.12 bits per heavy atom. The second-order valence-electron chi connectivity index (χ2n) is 7.60. The van der Waals surface area contributed by atoms with E-state index in [1.807, 2.05) is 28.9 Å². The monoisotopic (exact) mass is 378 g/mol. The molecule has 1 spiro atoms. The van der Waals surface area contributed by atoms with Crippen LogP contribution >= 0.6 is 11.6 Å². The van der Waals surface area contributed by atoms with Gasteiger partial charge in [-0.1, -0.05) is 17.7 Å². The van der Waals surface area contributed by atoms with E-state index in [0.29, 0.717) is 43.2 Å². The number of likely N-dealkylation sites (tertiary alicyclic amines) is 2. The molecule has 0 N–H and O–H groups in total. The maximum absolute atomic E-state index is 13.1. The van der Waals surface area contributed by atoms with Gasteiger partial charge in [0.15, 0.2) is 0 Å². The molecule has 1 aromatic carbocycles. The summed E-state index contributed by atoms with van der Waals surface area (Å²) in [5.41, 5.74) is 1.62. The van der Waals surface area contributed by atoms with Crippen molar-refractivity contribution in [2.75, 3.05) is 39.9 Å². The Hall–Kier alpha value is -1.59. The second-order valence-corrected chi connectivity index (χ2v) is 8.03. The minimum atomic E-state index is 0.00202. The summed E-state index contributed by atoms with van der Waals surface area (Å²) in [4.78, 5) is 29.2. The smallest absolute Gasteiger partial charge is 0.254 e. The number of rotatable bonds is 4. The highest BCUT2D eigenvalue weighted by Gasteiger charge is 2.42. The highest BCUT2D eigenvalue weighted by atomic mass is 35.5. The van der Waals surface area contributed by atoms with Gasteiger partial charge in [-0.25, -0.2) is 0 Å². The van der Waals surface area contributed by atoms with Crippen LogP contribution in [0.5, 0.6) is 0 Å². The summed E-state index contributed by atoms with van der Waals surface area (Å²) in [5, 5.41) is 0.583. The van der Waals surface area contributed by atoms with Gasteiger partial charge in [0.1, 0.15) is 0 Å². The average Bonchev–Trinajstić information content (AvgIpc) is 2.64. The summed E-state index contributed by atoms with van der Waals surface area (Å²) in [6.45, 7) is 5.29. The number of carbonyl (C=O) groups is 2. The van der Waals surface area contributed by atoms with Gasteiger partial charge in [-0.05, 0) is 43.9 Å². The number of hydrogen-bond donors (Lipinski definition) is 0. The third kappa shape index (κ3) is 4.04. The van der Waals surface area contributed by atoms with Crippen LogP contribution in [0, 0.1) is 12.3 Å². The molecule has 2 amide bonds. The Balaban J connectivity index is 1.75. The first-order valence-corrected chi connectivity index (χ1v) is 9.64. The van der Waals surface area contributed by atoms with Crippen molar-refractivity contribution < 1.29 is 14.3 Å². The fourth-order valence-corrected chi connectivity index (χ4v) is 4.39. The Bertz CT molecular complexity index is 694. The summed E-state index contributed by atoms with van der Waals surface area (Å²) >= 11 is 6.10. The van der Waals surface area contributed by atoms with Gasteiger partial charge in [0.25, 0.3) is 5.91 Å². The maximum atomic E-state index is 13.1. The zero-order chi connectivity index (χ0) is 18.7.